The average molecular weight is 220 g/mol. The molecule has 0 aromatic carbocycles. The molecule has 0 aromatic heterocycles. The minimum absolute atomic E-state index is 0.131. The second kappa shape index (κ2) is 2.95. The van der Waals surface area contributed by atoms with Gasteiger partial charge in [-0.15, -0.1) is 0 Å². The van der Waals surface area contributed by atoms with Crippen LogP contribution in [-0.2, 0) is 9.84 Å². The molecule has 1 heterocycles. The van der Waals surface area contributed by atoms with E-state index in [1.807, 2.05) is 48.6 Å². The first-order valence-corrected chi connectivity index (χ1v) is 6.75. The van der Waals surface area contributed by atoms with E-state index in [0.29, 0.717) is 0 Å². The fourth-order valence-corrected chi connectivity index (χ4v) is 5.14. The molecule has 0 spiro atoms. The van der Waals surface area contributed by atoms with E-state index in [-0.39, 0.29) is 22.3 Å². The van der Waals surface area contributed by atoms with Crippen LogP contribution in [0.2, 0.25) is 0 Å². The number of hydrogen-bond acceptors (Lipinski definition) is 2. The Hall–Kier alpha value is -1.09. The van der Waals surface area contributed by atoms with Crippen molar-refractivity contribution in [1.29, 1.82) is 0 Å². The molecule has 1 saturated heterocycles. The van der Waals surface area contributed by atoms with Crippen molar-refractivity contribution in [2.45, 2.75) is 10.5 Å². The molecular formula is C12H12O2S. The quantitative estimate of drug-likeness (QED) is 0.622. The molecule has 3 rings (SSSR count). The highest BCUT2D eigenvalue weighted by Crippen LogP contribution is 2.43. The monoisotopic (exact) mass is 220 g/mol. The van der Waals surface area contributed by atoms with Crippen molar-refractivity contribution in [1.82, 2.24) is 0 Å². The second-order valence-corrected chi connectivity index (χ2v) is 6.48. The van der Waals surface area contributed by atoms with Crippen molar-refractivity contribution in [3.05, 3.63) is 48.6 Å². The summed E-state index contributed by atoms with van der Waals surface area (Å²) >= 11 is 0. The Balaban J connectivity index is 2.16. The predicted octanol–water partition coefficient (Wildman–Crippen LogP) is 1.64. The molecule has 0 N–H and O–H groups in total. The van der Waals surface area contributed by atoms with Gasteiger partial charge in [0.2, 0.25) is 0 Å². The van der Waals surface area contributed by atoms with Gasteiger partial charge in [0.15, 0.2) is 9.84 Å². The van der Waals surface area contributed by atoms with Crippen molar-refractivity contribution < 1.29 is 8.42 Å². The van der Waals surface area contributed by atoms with Crippen LogP contribution in [0.4, 0.5) is 0 Å². The highest BCUT2D eigenvalue weighted by atomic mass is 32.2. The average Bonchev–Trinajstić information content (AvgIpc) is 2.51. The lowest BCUT2D eigenvalue weighted by atomic mass is 9.83. The SMILES string of the molecule is O=S1(=O)[C@@H]2C=CC=C[C@@H]2[C@H]2C=CC=C[C@H]21. The maximum atomic E-state index is 12.2. The third kappa shape index (κ3) is 1.13. The first-order chi connectivity index (χ1) is 7.21. The zero-order chi connectivity index (χ0) is 10.5. The first kappa shape index (κ1) is 9.16. The molecule has 0 saturated carbocycles. The van der Waals surface area contributed by atoms with E-state index < -0.39 is 9.84 Å². The minimum atomic E-state index is -3.02. The summed E-state index contributed by atoms with van der Waals surface area (Å²) in [6.07, 6.45) is 15.3. The van der Waals surface area contributed by atoms with Gasteiger partial charge in [0, 0.05) is 11.8 Å². The van der Waals surface area contributed by atoms with Crippen molar-refractivity contribution in [3.8, 4) is 0 Å². The third-order valence-corrected chi connectivity index (χ3v) is 5.91. The van der Waals surface area contributed by atoms with Gasteiger partial charge in [0.05, 0.1) is 10.5 Å². The molecule has 0 bridgehead atoms. The summed E-state index contributed by atoms with van der Waals surface area (Å²) < 4.78 is 24.4. The molecule has 15 heavy (non-hydrogen) atoms. The van der Waals surface area contributed by atoms with Crippen LogP contribution >= 0.6 is 0 Å². The standard InChI is InChI=1S/C12H12O2S/c13-15(14)11-7-3-1-5-9(11)10-6-2-4-8-12(10)15/h1-12H/t9-,10-,11-,12-/m1/s1. The number of hydrogen-bond donors (Lipinski definition) is 0. The van der Waals surface area contributed by atoms with E-state index in [1.54, 1.807) is 0 Å². The van der Waals surface area contributed by atoms with Gasteiger partial charge in [-0.1, -0.05) is 48.6 Å². The van der Waals surface area contributed by atoms with Crippen LogP contribution in [-0.4, -0.2) is 18.9 Å². The molecule has 1 fully saturated rings. The number of allylic oxidation sites excluding steroid dienone is 6. The Morgan fingerprint density at radius 1 is 0.667 bits per heavy atom. The van der Waals surface area contributed by atoms with Gasteiger partial charge < -0.3 is 0 Å². The van der Waals surface area contributed by atoms with E-state index in [9.17, 15) is 8.42 Å². The van der Waals surface area contributed by atoms with Crippen LogP contribution in [0.3, 0.4) is 0 Å². The van der Waals surface area contributed by atoms with Gasteiger partial charge in [0.1, 0.15) is 0 Å². The molecule has 78 valence electrons. The molecule has 2 nitrogen and oxygen atoms in total. The van der Waals surface area contributed by atoms with E-state index >= 15 is 0 Å². The summed E-state index contributed by atoms with van der Waals surface area (Å²) in [5, 5.41) is -0.630. The highest BCUT2D eigenvalue weighted by Gasteiger charge is 2.51. The van der Waals surface area contributed by atoms with Crippen LogP contribution in [0.25, 0.3) is 0 Å². The van der Waals surface area contributed by atoms with Crippen LogP contribution in [0, 0.1) is 11.8 Å². The molecule has 0 aromatic rings. The van der Waals surface area contributed by atoms with Gasteiger partial charge >= 0.3 is 0 Å². The fourth-order valence-electron chi connectivity index (χ4n) is 2.74. The van der Waals surface area contributed by atoms with E-state index in [1.165, 1.54) is 0 Å². The van der Waals surface area contributed by atoms with Crippen LogP contribution < -0.4 is 0 Å². The van der Waals surface area contributed by atoms with Gasteiger partial charge in [-0.2, -0.15) is 0 Å². The van der Waals surface area contributed by atoms with Gasteiger partial charge in [-0.05, 0) is 0 Å². The normalized spacial score (nSPS) is 44.0. The van der Waals surface area contributed by atoms with Crippen molar-refractivity contribution in [2.75, 3.05) is 0 Å². The van der Waals surface area contributed by atoms with Gasteiger partial charge in [-0.3, -0.25) is 0 Å². The summed E-state index contributed by atoms with van der Waals surface area (Å²) in [6.45, 7) is 0. The smallest absolute Gasteiger partial charge is 0.164 e. The molecule has 3 heteroatoms. The van der Waals surface area contributed by atoms with Crippen molar-refractivity contribution in [2.24, 2.45) is 11.8 Å². The lowest BCUT2D eigenvalue weighted by Crippen LogP contribution is -2.23. The summed E-state index contributed by atoms with van der Waals surface area (Å²) in [5.41, 5.74) is 0. The minimum Gasteiger partial charge on any atom is -0.228 e. The predicted molar refractivity (Wildman–Crippen MR) is 60.0 cm³/mol. The maximum absolute atomic E-state index is 12.2. The Kier molecular flexibility index (Phi) is 1.80. The fraction of sp³-hybridized carbons (Fsp3) is 0.333. The Labute approximate surface area is 89.6 Å². The topological polar surface area (TPSA) is 34.1 Å². The van der Waals surface area contributed by atoms with E-state index in [0.717, 1.165) is 0 Å². The van der Waals surface area contributed by atoms with Crippen LogP contribution in [0.5, 0.6) is 0 Å². The lowest BCUT2D eigenvalue weighted by Gasteiger charge is -2.19. The molecule has 2 aliphatic carbocycles. The second-order valence-electron chi connectivity index (χ2n) is 4.21. The summed E-state index contributed by atoms with van der Waals surface area (Å²) in [5.74, 6) is 0.261. The molecule has 0 radical (unpaired) electrons. The Bertz CT molecular complexity index is 454. The Morgan fingerprint density at radius 2 is 1.07 bits per heavy atom. The number of sulfone groups is 1. The van der Waals surface area contributed by atoms with E-state index in [2.05, 4.69) is 0 Å². The van der Waals surface area contributed by atoms with Crippen LogP contribution in [0.15, 0.2) is 48.6 Å². The van der Waals surface area contributed by atoms with Crippen LogP contribution in [0.1, 0.15) is 0 Å². The zero-order valence-corrected chi connectivity index (χ0v) is 8.97. The van der Waals surface area contributed by atoms with E-state index in [4.69, 9.17) is 0 Å². The molecule has 3 aliphatic rings. The summed E-state index contributed by atoms with van der Waals surface area (Å²) in [7, 11) is -3.02. The third-order valence-electron chi connectivity index (χ3n) is 3.45. The molecule has 0 amide bonds. The molecule has 0 unspecified atom stereocenters. The zero-order valence-electron chi connectivity index (χ0n) is 8.15. The summed E-state index contributed by atoms with van der Waals surface area (Å²) in [6, 6.07) is 0. The number of fused-ring (bicyclic) bond motifs is 3. The van der Waals surface area contributed by atoms with Gasteiger partial charge in [-0.25, -0.2) is 8.42 Å². The van der Waals surface area contributed by atoms with Crippen molar-refractivity contribution >= 4 is 9.84 Å². The maximum Gasteiger partial charge on any atom is 0.164 e. The number of rotatable bonds is 0. The largest absolute Gasteiger partial charge is 0.228 e. The van der Waals surface area contributed by atoms with Gasteiger partial charge in [0.25, 0.3) is 0 Å². The van der Waals surface area contributed by atoms with Crippen molar-refractivity contribution in [3.63, 3.8) is 0 Å². The molecule has 4 atom stereocenters. The first-order valence-electron chi connectivity index (χ1n) is 5.14. The molecular weight excluding hydrogens is 208 g/mol. The Morgan fingerprint density at radius 3 is 1.53 bits per heavy atom. The highest BCUT2D eigenvalue weighted by molar-refractivity contribution is 7.93. The lowest BCUT2D eigenvalue weighted by molar-refractivity contribution is 0.527. The molecule has 1 aliphatic heterocycles. The summed E-state index contributed by atoms with van der Waals surface area (Å²) in [4.78, 5) is 0.